The molecule has 17 nitrogen and oxygen atoms in total. The lowest BCUT2D eigenvalue weighted by atomic mass is 9.94. The summed E-state index contributed by atoms with van der Waals surface area (Å²) in [5.41, 5.74) is 8.15. The van der Waals surface area contributed by atoms with Gasteiger partial charge >= 0.3 is 6.09 Å². The van der Waals surface area contributed by atoms with Gasteiger partial charge in [0.15, 0.2) is 5.69 Å². The van der Waals surface area contributed by atoms with Gasteiger partial charge in [-0.25, -0.2) is 9.10 Å². The molecule has 1 heterocycles. The molecular weight excluding hydrogens is 873 g/mol. The van der Waals surface area contributed by atoms with Crippen molar-refractivity contribution in [3.63, 3.8) is 0 Å². The highest BCUT2D eigenvalue weighted by atomic mass is 32.2. The van der Waals surface area contributed by atoms with Crippen molar-refractivity contribution in [2.24, 2.45) is 11.7 Å². The molecule has 4 rings (SSSR count). The van der Waals surface area contributed by atoms with Gasteiger partial charge in [0.25, 0.3) is 0 Å². The van der Waals surface area contributed by atoms with Gasteiger partial charge in [-0.3, -0.25) is 33.0 Å². The van der Waals surface area contributed by atoms with Gasteiger partial charge in [-0.05, 0) is 109 Å². The van der Waals surface area contributed by atoms with Crippen LogP contribution in [0.1, 0.15) is 99.0 Å². The van der Waals surface area contributed by atoms with Crippen LogP contribution in [0.3, 0.4) is 0 Å². The topological polar surface area (TPSA) is 218 Å². The van der Waals surface area contributed by atoms with Crippen LogP contribution in [0.2, 0.25) is 0 Å². The monoisotopic (exact) mass is 950 g/mol. The number of para-hydroxylation sites is 1. The van der Waals surface area contributed by atoms with Crippen molar-refractivity contribution >= 4 is 69.9 Å². The Morgan fingerprint density at radius 3 is 2.19 bits per heavy atom. The molecule has 67 heavy (non-hydrogen) atoms. The Hall–Kier alpha value is -5.17. The highest BCUT2D eigenvalue weighted by molar-refractivity contribution is 7.97. The van der Waals surface area contributed by atoms with Crippen LogP contribution in [0.5, 0.6) is 0 Å². The van der Waals surface area contributed by atoms with Gasteiger partial charge in [0, 0.05) is 54.1 Å². The molecule has 18 heteroatoms. The standard InChI is InChI=1S/C49H76N10O7S/c1-30(2)44(47(64)54-34-18-14-13-15-19-34)56-45(62)32(4)53-46(63)39(26-33-28-58(48(65)66-49(5,6)7)40-21-17-16-20-36(33)40)52-31(3)37(23-25-42(50)60)55-43(61)29-57(9)67-35-22-24-41(59(10,11)12)38(27-35)51-8/h16-17,20-22,24,27-28,30-32,34,37,39,44,51-52H,13-15,18-19,23,25-26,29H2,1-12H3,(H5-,50,53,54,55,56,60,61,62,63,64)/p+1/t31?,32-,37-,39?,44?/m0/s1. The third-order valence-electron chi connectivity index (χ3n) is 11.8. The summed E-state index contributed by atoms with van der Waals surface area (Å²) in [7, 11) is 9.96. The highest BCUT2D eigenvalue weighted by Gasteiger charge is 2.33. The average molecular weight is 950 g/mol. The van der Waals surface area contributed by atoms with E-state index in [1.165, 1.54) is 16.5 Å². The van der Waals surface area contributed by atoms with Crippen LogP contribution >= 0.6 is 11.9 Å². The molecule has 0 bridgehead atoms. The number of quaternary nitrogens is 1. The molecule has 1 aliphatic rings. The molecule has 1 aromatic heterocycles. The average Bonchev–Trinajstić information content (AvgIpc) is 3.61. The number of hydrogen-bond donors (Lipinski definition) is 7. The van der Waals surface area contributed by atoms with Crippen molar-refractivity contribution in [3.8, 4) is 0 Å². The van der Waals surface area contributed by atoms with E-state index >= 15 is 0 Å². The minimum atomic E-state index is -1.05. The van der Waals surface area contributed by atoms with Crippen molar-refractivity contribution in [3.05, 3.63) is 54.2 Å². The maximum absolute atomic E-state index is 14.5. The number of primary amides is 1. The van der Waals surface area contributed by atoms with Crippen LogP contribution < -0.4 is 42.1 Å². The fraction of sp³-hybridized carbons (Fsp3) is 0.592. The Kier molecular flexibility index (Phi) is 19.7. The Morgan fingerprint density at radius 1 is 0.910 bits per heavy atom. The minimum Gasteiger partial charge on any atom is -0.443 e. The van der Waals surface area contributed by atoms with Crippen LogP contribution in [0.15, 0.2) is 53.6 Å². The van der Waals surface area contributed by atoms with Crippen molar-refractivity contribution in [2.45, 2.75) is 147 Å². The maximum Gasteiger partial charge on any atom is 0.419 e. The number of likely N-dealkylation sites (N-methyl/N-ethyl adjacent to an activating group) is 1. The number of amides is 5. The molecule has 0 spiro atoms. The number of anilines is 1. The molecule has 0 radical (unpaired) electrons. The quantitative estimate of drug-likeness (QED) is 0.0523. The summed E-state index contributed by atoms with van der Waals surface area (Å²) in [5, 5.41) is 19.3. The predicted molar refractivity (Wildman–Crippen MR) is 267 cm³/mol. The van der Waals surface area contributed by atoms with E-state index in [1.807, 2.05) is 56.5 Å². The van der Waals surface area contributed by atoms with Gasteiger partial charge in [-0.2, -0.15) is 0 Å². The Balaban J connectivity index is 1.59. The number of hydrogen-bond acceptors (Lipinski definition) is 11. The lowest BCUT2D eigenvalue weighted by Gasteiger charge is -2.31. The Morgan fingerprint density at radius 2 is 1.58 bits per heavy atom. The van der Waals surface area contributed by atoms with E-state index in [9.17, 15) is 28.8 Å². The molecule has 5 amide bonds. The molecule has 8 N–H and O–H groups in total. The number of aromatic nitrogens is 1. The molecule has 3 unspecified atom stereocenters. The third kappa shape index (κ3) is 16.5. The number of nitrogens with one attached hydrogen (secondary N) is 6. The summed E-state index contributed by atoms with van der Waals surface area (Å²) < 4.78 is 9.57. The molecule has 0 saturated heterocycles. The molecule has 3 aromatic rings. The highest BCUT2D eigenvalue weighted by Crippen LogP contribution is 2.33. The summed E-state index contributed by atoms with van der Waals surface area (Å²) in [4.78, 5) is 81.9. The van der Waals surface area contributed by atoms with Gasteiger partial charge in [-0.15, -0.1) is 0 Å². The number of ether oxygens (including phenoxy) is 1. The zero-order valence-corrected chi connectivity index (χ0v) is 42.5. The number of rotatable bonds is 22. The number of nitrogens with two attached hydrogens (primary N) is 1. The van der Waals surface area contributed by atoms with E-state index in [1.54, 1.807) is 52.9 Å². The molecule has 2 aromatic carbocycles. The van der Waals surface area contributed by atoms with E-state index in [4.69, 9.17) is 10.5 Å². The zero-order chi connectivity index (χ0) is 49.8. The molecular formula is C49H77N10O7S+. The van der Waals surface area contributed by atoms with Crippen LogP contribution in [0.25, 0.3) is 10.9 Å². The zero-order valence-electron chi connectivity index (χ0n) is 41.7. The second kappa shape index (κ2) is 24.2. The SMILES string of the molecule is CNc1cc(SN(C)CC(=O)N[C@@H](CCC(N)=O)C(C)NC(Cc2cn(C(=O)OC(C)(C)C)c3ccccc23)C(=O)N[C@@H](C)C(=O)NC(C(=O)NC2CCCCC2)C(C)C)ccc1[N+](C)(C)C. The summed E-state index contributed by atoms with van der Waals surface area (Å²) >= 11 is 1.41. The lowest BCUT2D eigenvalue weighted by Crippen LogP contribution is -2.59. The van der Waals surface area contributed by atoms with E-state index in [-0.39, 0.29) is 49.6 Å². The summed E-state index contributed by atoms with van der Waals surface area (Å²) in [5.74, 6) is -2.40. The molecule has 0 aliphatic heterocycles. The third-order valence-corrected chi connectivity index (χ3v) is 12.7. The normalized spacial score (nSPS) is 15.9. The van der Waals surface area contributed by atoms with Gasteiger partial charge in [0.1, 0.15) is 17.7 Å². The first kappa shape index (κ1) is 54.4. The first-order chi connectivity index (χ1) is 31.4. The van der Waals surface area contributed by atoms with E-state index in [0.717, 1.165) is 48.4 Å². The van der Waals surface area contributed by atoms with Crippen LogP contribution in [0, 0.1) is 5.92 Å². The molecule has 5 atom stereocenters. The van der Waals surface area contributed by atoms with Crippen LogP contribution in [0.4, 0.5) is 16.2 Å². The lowest BCUT2D eigenvalue weighted by molar-refractivity contribution is -0.133. The summed E-state index contributed by atoms with van der Waals surface area (Å²) in [6.45, 7) is 12.4. The Labute approximate surface area is 401 Å². The van der Waals surface area contributed by atoms with Gasteiger partial charge in [0.2, 0.25) is 29.5 Å². The first-order valence-corrected chi connectivity index (χ1v) is 24.2. The summed E-state index contributed by atoms with van der Waals surface area (Å²) in [6.07, 6.45) is 6.28. The van der Waals surface area contributed by atoms with Crippen LogP contribution in [-0.4, -0.2) is 128 Å². The molecule has 1 aliphatic carbocycles. The van der Waals surface area contributed by atoms with E-state index in [2.05, 4.69) is 59.1 Å². The van der Waals surface area contributed by atoms with Gasteiger partial charge in [0.05, 0.1) is 44.9 Å². The number of carbonyl (C=O) groups excluding carboxylic acids is 6. The smallest absolute Gasteiger partial charge is 0.419 e. The molecule has 1 saturated carbocycles. The van der Waals surface area contributed by atoms with Gasteiger partial charge < -0.3 is 42.4 Å². The second-order valence-electron chi connectivity index (χ2n) is 20.0. The number of benzene rings is 2. The van der Waals surface area contributed by atoms with E-state index < -0.39 is 59.6 Å². The Bertz CT molecular complexity index is 2190. The van der Waals surface area contributed by atoms with Crippen molar-refractivity contribution < 1.29 is 33.5 Å². The van der Waals surface area contributed by atoms with Crippen molar-refractivity contribution in [2.75, 3.05) is 47.1 Å². The summed E-state index contributed by atoms with van der Waals surface area (Å²) in [6, 6.07) is 9.30. The van der Waals surface area contributed by atoms with Gasteiger partial charge in [-0.1, -0.05) is 51.3 Å². The number of nitrogens with zero attached hydrogens (tertiary/aromatic N) is 3. The van der Waals surface area contributed by atoms with Crippen molar-refractivity contribution in [1.29, 1.82) is 0 Å². The molecule has 370 valence electrons. The fourth-order valence-corrected chi connectivity index (χ4v) is 9.10. The fourth-order valence-electron chi connectivity index (χ4n) is 8.26. The number of fused-ring (bicyclic) bond motifs is 1. The minimum absolute atomic E-state index is 0.00713. The van der Waals surface area contributed by atoms with Crippen molar-refractivity contribution in [1.82, 2.24) is 39.9 Å². The van der Waals surface area contributed by atoms with E-state index in [0.29, 0.717) is 20.9 Å². The second-order valence-corrected chi connectivity index (χ2v) is 21.3. The van der Waals surface area contributed by atoms with Crippen LogP contribution in [-0.2, 0) is 35.1 Å². The largest absolute Gasteiger partial charge is 0.443 e. The molecule has 1 fully saturated rings. The first-order valence-electron chi connectivity index (χ1n) is 23.5. The maximum atomic E-state index is 14.5. The predicted octanol–water partition coefficient (Wildman–Crippen LogP) is 5.04. The number of carbonyl (C=O) groups is 6.